The average Bonchev–Trinajstić information content (AvgIpc) is 2.57. The highest BCUT2D eigenvalue weighted by atomic mass is 32.2. The van der Waals surface area contributed by atoms with Crippen molar-refractivity contribution in [2.24, 2.45) is 0 Å². The molecule has 5 heteroatoms. The van der Waals surface area contributed by atoms with E-state index in [9.17, 15) is 9.59 Å². The molecule has 124 valence electrons. The largest absolute Gasteiger partial charge is 0.326 e. The third kappa shape index (κ3) is 3.62. The van der Waals surface area contributed by atoms with Crippen molar-refractivity contribution in [3.63, 3.8) is 0 Å². The molecule has 2 aromatic carbocycles. The van der Waals surface area contributed by atoms with E-state index < -0.39 is 0 Å². The number of nitrogens with one attached hydrogen (secondary N) is 1. The highest BCUT2D eigenvalue weighted by Gasteiger charge is 2.24. The van der Waals surface area contributed by atoms with E-state index >= 15 is 0 Å². The molecule has 24 heavy (non-hydrogen) atoms. The summed E-state index contributed by atoms with van der Waals surface area (Å²) in [5.41, 5.74) is 4.03. The van der Waals surface area contributed by atoms with Crippen LogP contribution < -0.4 is 10.2 Å². The third-order valence-electron chi connectivity index (χ3n) is 4.16. The maximum absolute atomic E-state index is 12.2. The van der Waals surface area contributed by atoms with Crippen LogP contribution in [0.4, 0.5) is 11.4 Å². The van der Waals surface area contributed by atoms with E-state index in [1.807, 2.05) is 56.3 Å². The lowest BCUT2D eigenvalue weighted by molar-refractivity contribution is -0.117. The van der Waals surface area contributed by atoms with Crippen molar-refractivity contribution in [2.45, 2.75) is 25.2 Å². The van der Waals surface area contributed by atoms with Gasteiger partial charge in [0.2, 0.25) is 11.8 Å². The summed E-state index contributed by atoms with van der Waals surface area (Å²) in [5, 5.41) is 2.91. The molecule has 1 aliphatic rings. The molecule has 0 unspecified atom stereocenters. The van der Waals surface area contributed by atoms with Crippen LogP contribution in [0.3, 0.4) is 0 Å². The number of thioether (sulfide) groups is 1. The molecule has 1 aliphatic heterocycles. The maximum atomic E-state index is 12.2. The maximum Gasteiger partial charge on any atom is 0.237 e. The number of carbonyl (C=O) groups excluding carboxylic acids is 2. The zero-order valence-corrected chi connectivity index (χ0v) is 14.7. The van der Waals surface area contributed by atoms with E-state index in [0.29, 0.717) is 12.3 Å². The zero-order valence-electron chi connectivity index (χ0n) is 13.8. The predicted molar refractivity (Wildman–Crippen MR) is 98.7 cm³/mol. The number of para-hydroxylation sites is 1. The Balaban J connectivity index is 1.64. The summed E-state index contributed by atoms with van der Waals surface area (Å²) in [5.74, 6) is 0.398. The van der Waals surface area contributed by atoms with E-state index in [2.05, 4.69) is 5.32 Å². The van der Waals surface area contributed by atoms with Gasteiger partial charge in [-0.2, -0.15) is 0 Å². The fraction of sp³-hybridized carbons (Fsp3) is 0.263. The first kappa shape index (κ1) is 16.6. The number of aryl methyl sites for hydroxylation is 2. The van der Waals surface area contributed by atoms with Crippen molar-refractivity contribution >= 4 is 35.0 Å². The molecule has 0 radical (unpaired) electrons. The molecule has 0 fully saturated rings. The molecular formula is C19H20N2O2S. The molecule has 0 saturated heterocycles. The Morgan fingerprint density at radius 1 is 1.17 bits per heavy atom. The first-order chi connectivity index (χ1) is 11.5. The predicted octanol–water partition coefficient (Wildman–Crippen LogP) is 3.77. The summed E-state index contributed by atoms with van der Waals surface area (Å²) >= 11 is 1.55. The summed E-state index contributed by atoms with van der Waals surface area (Å²) in [6.45, 7) is 4.46. The van der Waals surface area contributed by atoms with Gasteiger partial charge in [0.1, 0.15) is 0 Å². The van der Waals surface area contributed by atoms with Gasteiger partial charge in [0.05, 0.1) is 11.4 Å². The monoisotopic (exact) mass is 340 g/mol. The van der Waals surface area contributed by atoms with Gasteiger partial charge in [-0.1, -0.05) is 18.2 Å². The SMILES string of the molecule is Cc1ccc(NC(=O)CCN2C(=O)CSc3ccccc32)cc1C. The van der Waals surface area contributed by atoms with Gasteiger partial charge >= 0.3 is 0 Å². The zero-order chi connectivity index (χ0) is 17.1. The second kappa shape index (κ2) is 7.09. The van der Waals surface area contributed by atoms with Gasteiger partial charge in [0.25, 0.3) is 0 Å². The second-order valence-electron chi connectivity index (χ2n) is 5.90. The van der Waals surface area contributed by atoms with Crippen LogP contribution in [0.25, 0.3) is 0 Å². The Morgan fingerprint density at radius 2 is 1.96 bits per heavy atom. The molecule has 0 spiro atoms. The number of hydrogen-bond acceptors (Lipinski definition) is 3. The Labute approximate surface area is 146 Å². The van der Waals surface area contributed by atoms with Crippen molar-refractivity contribution in [1.82, 2.24) is 0 Å². The van der Waals surface area contributed by atoms with Crippen LogP contribution in [0, 0.1) is 13.8 Å². The van der Waals surface area contributed by atoms with Gasteiger partial charge in [-0.25, -0.2) is 0 Å². The van der Waals surface area contributed by atoms with E-state index in [1.54, 1.807) is 16.7 Å². The first-order valence-electron chi connectivity index (χ1n) is 7.94. The number of amides is 2. The molecule has 0 aromatic heterocycles. The van der Waals surface area contributed by atoms with Crippen molar-refractivity contribution < 1.29 is 9.59 Å². The minimum absolute atomic E-state index is 0.0534. The molecule has 1 heterocycles. The Hall–Kier alpha value is -2.27. The van der Waals surface area contributed by atoms with Crippen molar-refractivity contribution in [1.29, 1.82) is 0 Å². The molecule has 3 rings (SSSR count). The number of benzene rings is 2. The molecule has 0 bridgehead atoms. The summed E-state index contributed by atoms with van der Waals surface area (Å²) in [6, 6.07) is 13.7. The van der Waals surface area contributed by atoms with E-state index in [4.69, 9.17) is 0 Å². The Kier molecular flexibility index (Phi) is 4.90. The number of rotatable bonds is 4. The second-order valence-corrected chi connectivity index (χ2v) is 6.92. The van der Waals surface area contributed by atoms with Gasteiger partial charge in [0, 0.05) is 23.5 Å². The molecular weight excluding hydrogens is 320 g/mol. The number of carbonyl (C=O) groups is 2. The number of hydrogen-bond donors (Lipinski definition) is 1. The summed E-state index contributed by atoms with van der Waals surface area (Å²) in [6.07, 6.45) is 0.275. The van der Waals surface area contributed by atoms with Crippen molar-refractivity contribution in [2.75, 3.05) is 22.5 Å². The molecule has 1 N–H and O–H groups in total. The third-order valence-corrected chi connectivity index (χ3v) is 5.21. The molecule has 0 saturated carbocycles. The molecule has 0 atom stereocenters. The highest BCUT2D eigenvalue weighted by molar-refractivity contribution is 8.00. The smallest absolute Gasteiger partial charge is 0.237 e. The van der Waals surface area contributed by atoms with Gasteiger partial charge in [0.15, 0.2) is 0 Å². The Morgan fingerprint density at radius 3 is 2.75 bits per heavy atom. The summed E-state index contributed by atoms with van der Waals surface area (Å²) < 4.78 is 0. The van der Waals surface area contributed by atoms with Crippen LogP contribution in [-0.2, 0) is 9.59 Å². The van der Waals surface area contributed by atoms with Crippen LogP contribution in [0.1, 0.15) is 17.5 Å². The number of fused-ring (bicyclic) bond motifs is 1. The van der Waals surface area contributed by atoms with Crippen LogP contribution in [-0.4, -0.2) is 24.1 Å². The summed E-state index contributed by atoms with van der Waals surface area (Å²) in [7, 11) is 0. The topological polar surface area (TPSA) is 49.4 Å². The van der Waals surface area contributed by atoms with Gasteiger partial charge in [-0.05, 0) is 49.2 Å². The van der Waals surface area contributed by atoms with Crippen LogP contribution >= 0.6 is 11.8 Å². The highest BCUT2D eigenvalue weighted by Crippen LogP contribution is 2.34. The van der Waals surface area contributed by atoms with Crippen molar-refractivity contribution in [3.8, 4) is 0 Å². The normalized spacial score (nSPS) is 13.6. The van der Waals surface area contributed by atoms with Gasteiger partial charge in [-0.15, -0.1) is 11.8 Å². The van der Waals surface area contributed by atoms with Crippen LogP contribution in [0.2, 0.25) is 0 Å². The molecule has 2 aromatic rings. The molecule has 2 amide bonds. The molecule has 0 aliphatic carbocycles. The number of anilines is 2. The fourth-order valence-corrected chi connectivity index (χ4v) is 3.59. The molecule has 4 nitrogen and oxygen atoms in total. The van der Waals surface area contributed by atoms with Gasteiger partial charge < -0.3 is 10.2 Å². The first-order valence-corrected chi connectivity index (χ1v) is 8.92. The van der Waals surface area contributed by atoms with E-state index in [-0.39, 0.29) is 18.2 Å². The standard InChI is InChI=1S/C19H20N2O2S/c1-13-7-8-15(11-14(13)2)20-18(22)9-10-21-16-5-3-4-6-17(16)24-12-19(21)23/h3-8,11H,9-10,12H2,1-2H3,(H,20,22). The van der Waals surface area contributed by atoms with Crippen molar-refractivity contribution in [3.05, 3.63) is 53.6 Å². The lowest BCUT2D eigenvalue weighted by atomic mass is 10.1. The minimum Gasteiger partial charge on any atom is -0.326 e. The fourth-order valence-electron chi connectivity index (χ4n) is 2.66. The average molecular weight is 340 g/mol. The van der Waals surface area contributed by atoms with Crippen LogP contribution in [0.5, 0.6) is 0 Å². The lowest BCUT2D eigenvalue weighted by Gasteiger charge is -2.28. The number of nitrogens with zero attached hydrogens (tertiary/aromatic N) is 1. The van der Waals surface area contributed by atoms with Crippen LogP contribution in [0.15, 0.2) is 47.4 Å². The van der Waals surface area contributed by atoms with Gasteiger partial charge in [-0.3, -0.25) is 9.59 Å². The quantitative estimate of drug-likeness (QED) is 0.922. The van der Waals surface area contributed by atoms with E-state index in [1.165, 1.54) is 5.56 Å². The Bertz CT molecular complexity index is 789. The lowest BCUT2D eigenvalue weighted by Crippen LogP contribution is -2.37. The summed E-state index contributed by atoms with van der Waals surface area (Å²) in [4.78, 5) is 27.2. The van der Waals surface area contributed by atoms with E-state index in [0.717, 1.165) is 21.8 Å². The minimum atomic E-state index is -0.0817.